The normalized spacial score (nSPS) is 10.7. The monoisotopic (exact) mass is 254 g/mol. The molecule has 0 aromatic heterocycles. The lowest BCUT2D eigenvalue weighted by Crippen LogP contribution is -1.84. The van der Waals surface area contributed by atoms with Crippen molar-refractivity contribution in [1.29, 1.82) is 0 Å². The van der Waals surface area contributed by atoms with Gasteiger partial charge in [-0.25, -0.2) is 0 Å². The van der Waals surface area contributed by atoms with Gasteiger partial charge in [0, 0.05) is 10.0 Å². The highest BCUT2D eigenvalue weighted by atomic mass is 79.9. The largest absolute Gasteiger partial charge is 0.504 e. The van der Waals surface area contributed by atoms with Gasteiger partial charge in [0.05, 0.1) is 12.7 Å². The standard InChI is InChI=1S/C10H7BrO3/c1-14-5-2-3-6(7(11)4-5)8-9(12)10(8)13/h2-4,12H,1H3. The zero-order valence-electron chi connectivity index (χ0n) is 7.37. The van der Waals surface area contributed by atoms with Crippen molar-refractivity contribution in [3.8, 4) is 22.6 Å². The summed E-state index contributed by atoms with van der Waals surface area (Å²) in [5.74, 6) is 0.560. The van der Waals surface area contributed by atoms with E-state index in [2.05, 4.69) is 15.9 Å². The third-order valence-corrected chi connectivity index (χ3v) is 2.72. The Morgan fingerprint density at radius 1 is 1.43 bits per heavy atom. The minimum atomic E-state index is -0.282. The molecule has 0 aliphatic rings. The SMILES string of the molecule is COc1ccc(-c2c(O)c2=O)c(Br)c1. The number of rotatable bonds is 2. The maximum absolute atomic E-state index is 10.9. The first-order valence-corrected chi connectivity index (χ1v) is 4.76. The summed E-state index contributed by atoms with van der Waals surface area (Å²) in [4.78, 5) is 10.9. The number of ether oxygens (including phenoxy) is 1. The molecule has 0 atom stereocenters. The van der Waals surface area contributed by atoms with E-state index < -0.39 is 0 Å². The second kappa shape index (κ2) is 3.13. The molecule has 0 saturated heterocycles. The Hall–Kier alpha value is -1.29. The van der Waals surface area contributed by atoms with E-state index in [1.165, 1.54) is 0 Å². The lowest BCUT2D eigenvalue weighted by atomic mass is 10.2. The number of hydrogen-bond acceptors (Lipinski definition) is 3. The molecule has 0 aliphatic heterocycles. The minimum Gasteiger partial charge on any atom is -0.504 e. The lowest BCUT2D eigenvalue weighted by Gasteiger charge is -2.02. The molecule has 2 rings (SSSR count). The summed E-state index contributed by atoms with van der Waals surface area (Å²) in [6.45, 7) is 0. The van der Waals surface area contributed by atoms with E-state index in [0.29, 0.717) is 16.9 Å². The number of benzene rings is 1. The summed E-state index contributed by atoms with van der Waals surface area (Å²) >= 11 is 3.31. The molecule has 1 N–H and O–H groups in total. The van der Waals surface area contributed by atoms with E-state index >= 15 is 0 Å². The van der Waals surface area contributed by atoms with E-state index in [1.807, 2.05) is 0 Å². The van der Waals surface area contributed by atoms with Crippen molar-refractivity contribution in [2.24, 2.45) is 0 Å². The summed E-state index contributed by atoms with van der Waals surface area (Å²) in [7, 11) is 1.57. The van der Waals surface area contributed by atoms with Crippen molar-refractivity contribution in [2.45, 2.75) is 0 Å². The third kappa shape index (κ3) is 1.32. The molecule has 0 spiro atoms. The van der Waals surface area contributed by atoms with Crippen LogP contribution in [0.1, 0.15) is 0 Å². The van der Waals surface area contributed by atoms with Crippen LogP contribution < -0.4 is 10.2 Å². The zero-order valence-corrected chi connectivity index (χ0v) is 8.96. The number of hydrogen-bond donors (Lipinski definition) is 1. The van der Waals surface area contributed by atoms with Gasteiger partial charge in [-0.15, -0.1) is 0 Å². The average molecular weight is 255 g/mol. The fourth-order valence-corrected chi connectivity index (χ4v) is 1.79. The Morgan fingerprint density at radius 3 is 2.50 bits per heavy atom. The minimum absolute atomic E-state index is 0.143. The molecular formula is C10H7BrO3. The van der Waals surface area contributed by atoms with Crippen molar-refractivity contribution in [3.63, 3.8) is 0 Å². The quantitative estimate of drug-likeness (QED) is 0.893. The molecule has 0 radical (unpaired) electrons. The topological polar surface area (TPSA) is 46.5 Å². The molecule has 0 aliphatic carbocycles. The van der Waals surface area contributed by atoms with Gasteiger partial charge < -0.3 is 9.84 Å². The molecule has 0 saturated carbocycles. The summed E-state index contributed by atoms with van der Waals surface area (Å²) < 4.78 is 5.75. The second-order valence-electron chi connectivity index (χ2n) is 2.90. The van der Waals surface area contributed by atoms with Crippen LogP contribution in [0.2, 0.25) is 0 Å². The van der Waals surface area contributed by atoms with E-state index in [4.69, 9.17) is 9.84 Å². The van der Waals surface area contributed by atoms with Crippen LogP contribution in [0.4, 0.5) is 0 Å². The van der Waals surface area contributed by atoms with Gasteiger partial charge in [0.2, 0.25) is 5.43 Å². The fourth-order valence-electron chi connectivity index (χ4n) is 1.24. The average Bonchev–Trinajstić information content (AvgIpc) is 2.75. The van der Waals surface area contributed by atoms with Gasteiger partial charge in [0.25, 0.3) is 0 Å². The van der Waals surface area contributed by atoms with Crippen molar-refractivity contribution >= 4 is 15.9 Å². The maximum atomic E-state index is 10.9. The summed E-state index contributed by atoms with van der Waals surface area (Å²) in [5, 5.41) is 9.08. The predicted octanol–water partition coefficient (Wildman–Crippen LogP) is 2.07. The van der Waals surface area contributed by atoms with Crippen molar-refractivity contribution in [3.05, 3.63) is 32.9 Å². The number of aromatic hydroxyl groups is 1. The lowest BCUT2D eigenvalue weighted by molar-refractivity contribution is 0.414. The fraction of sp³-hybridized carbons (Fsp3) is 0.100. The van der Waals surface area contributed by atoms with E-state index in [-0.39, 0.29) is 11.2 Å². The summed E-state index contributed by atoms with van der Waals surface area (Å²) in [6.07, 6.45) is 0. The van der Waals surface area contributed by atoms with Gasteiger partial charge >= 0.3 is 0 Å². The Balaban J connectivity index is 2.47. The van der Waals surface area contributed by atoms with Crippen LogP contribution in [-0.2, 0) is 0 Å². The van der Waals surface area contributed by atoms with Crippen molar-refractivity contribution in [1.82, 2.24) is 0 Å². The molecule has 0 bridgehead atoms. The Bertz CT molecular complexity index is 495. The van der Waals surface area contributed by atoms with Crippen LogP contribution in [0.25, 0.3) is 11.1 Å². The molecule has 2 aromatic rings. The highest BCUT2D eigenvalue weighted by molar-refractivity contribution is 9.10. The van der Waals surface area contributed by atoms with E-state index in [1.54, 1.807) is 25.3 Å². The first-order chi connectivity index (χ1) is 6.65. The second-order valence-corrected chi connectivity index (χ2v) is 3.75. The van der Waals surface area contributed by atoms with Crippen LogP contribution in [0.15, 0.2) is 27.5 Å². The highest BCUT2D eigenvalue weighted by Gasteiger charge is 2.24. The molecule has 4 heteroatoms. The first-order valence-electron chi connectivity index (χ1n) is 3.97. The molecule has 0 unspecified atom stereocenters. The molecular weight excluding hydrogens is 248 g/mol. The molecule has 3 nitrogen and oxygen atoms in total. The van der Waals surface area contributed by atoms with E-state index in [0.717, 1.165) is 4.47 Å². The predicted molar refractivity (Wildman–Crippen MR) is 56.4 cm³/mol. The summed E-state index contributed by atoms with van der Waals surface area (Å²) in [6, 6.07) is 5.23. The van der Waals surface area contributed by atoms with Crippen LogP contribution in [0.5, 0.6) is 11.5 Å². The highest BCUT2D eigenvalue weighted by Crippen LogP contribution is 2.37. The molecule has 2 aromatic carbocycles. The van der Waals surface area contributed by atoms with Crippen molar-refractivity contribution in [2.75, 3.05) is 7.11 Å². The molecule has 0 amide bonds. The van der Waals surface area contributed by atoms with Crippen LogP contribution in [0.3, 0.4) is 0 Å². The zero-order chi connectivity index (χ0) is 10.3. The van der Waals surface area contributed by atoms with Gasteiger partial charge in [0.15, 0.2) is 5.75 Å². The molecule has 0 heterocycles. The van der Waals surface area contributed by atoms with E-state index in [9.17, 15) is 4.79 Å². The smallest absolute Gasteiger partial charge is 0.232 e. The maximum Gasteiger partial charge on any atom is 0.232 e. The molecule has 14 heavy (non-hydrogen) atoms. The van der Waals surface area contributed by atoms with Crippen LogP contribution in [-0.4, -0.2) is 12.2 Å². The summed E-state index contributed by atoms with van der Waals surface area (Å²) in [5.41, 5.74) is 0.809. The van der Waals surface area contributed by atoms with Crippen LogP contribution in [0, 0.1) is 0 Å². The first kappa shape index (κ1) is 9.27. The van der Waals surface area contributed by atoms with Gasteiger partial charge in [-0.1, -0.05) is 15.9 Å². The molecule has 72 valence electrons. The Morgan fingerprint density at radius 2 is 2.07 bits per heavy atom. The molecule has 0 fully saturated rings. The van der Waals surface area contributed by atoms with Crippen molar-refractivity contribution < 1.29 is 9.84 Å². The van der Waals surface area contributed by atoms with Gasteiger partial charge in [0.1, 0.15) is 5.75 Å². The van der Waals surface area contributed by atoms with Gasteiger partial charge in [-0.2, -0.15) is 0 Å². The van der Waals surface area contributed by atoms with Gasteiger partial charge in [-0.3, -0.25) is 4.79 Å². The number of methoxy groups -OCH3 is 1. The Kier molecular flexibility index (Phi) is 2.07. The van der Waals surface area contributed by atoms with Gasteiger partial charge in [-0.05, 0) is 18.2 Å². The third-order valence-electron chi connectivity index (χ3n) is 2.06. The number of halogens is 1. The Labute approximate surface area is 88.8 Å². The van der Waals surface area contributed by atoms with Crippen LogP contribution >= 0.6 is 15.9 Å².